The maximum atomic E-state index is 13.2. The molecule has 3 nitrogen and oxygen atoms in total. The standard InChI is InChI=1S/C32H21NO2/c34-31-26-18-10-11-19-27(26)32(35)28(31)20-24-21-29(22-12-4-1-5-13-22)33(25-16-8-3-9-17-25)30(24)23-14-6-2-7-15-23/h1-21H. The molecule has 0 unspecified atom stereocenters. The van der Waals surface area contributed by atoms with Crippen molar-refractivity contribution in [3.63, 3.8) is 0 Å². The Bertz CT molecular complexity index is 1560. The van der Waals surface area contributed by atoms with Gasteiger partial charge in [-0.25, -0.2) is 0 Å². The van der Waals surface area contributed by atoms with Crippen LogP contribution in [0.25, 0.3) is 34.3 Å². The van der Waals surface area contributed by atoms with Gasteiger partial charge in [0, 0.05) is 22.4 Å². The second-order valence-corrected chi connectivity index (χ2v) is 8.50. The number of carbonyl (C=O) groups is 2. The van der Waals surface area contributed by atoms with E-state index in [0.29, 0.717) is 11.1 Å². The molecule has 3 heteroatoms. The summed E-state index contributed by atoms with van der Waals surface area (Å²) in [5, 5.41) is 0. The minimum atomic E-state index is -0.224. The van der Waals surface area contributed by atoms with Gasteiger partial charge in [-0.05, 0) is 35.4 Å². The quantitative estimate of drug-likeness (QED) is 0.213. The van der Waals surface area contributed by atoms with Gasteiger partial charge >= 0.3 is 0 Å². The lowest BCUT2D eigenvalue weighted by molar-refractivity contribution is 0.0990. The van der Waals surface area contributed by atoms with Crippen LogP contribution in [-0.2, 0) is 0 Å². The zero-order valence-corrected chi connectivity index (χ0v) is 18.9. The topological polar surface area (TPSA) is 39.1 Å². The number of rotatable bonds is 4. The molecule has 0 saturated heterocycles. The summed E-state index contributed by atoms with van der Waals surface area (Å²) < 4.78 is 2.20. The molecule has 0 radical (unpaired) electrons. The molecule has 1 aromatic heterocycles. The van der Waals surface area contributed by atoms with E-state index < -0.39 is 0 Å². The lowest BCUT2D eigenvalue weighted by atomic mass is 10.0. The molecular formula is C32H21NO2. The fourth-order valence-electron chi connectivity index (χ4n) is 4.76. The summed E-state index contributed by atoms with van der Waals surface area (Å²) in [5.41, 5.74) is 6.93. The first kappa shape index (κ1) is 20.8. The van der Waals surface area contributed by atoms with E-state index in [1.807, 2.05) is 54.6 Å². The monoisotopic (exact) mass is 451 g/mol. The third-order valence-electron chi connectivity index (χ3n) is 6.37. The Morgan fingerprint density at radius 3 is 1.60 bits per heavy atom. The third kappa shape index (κ3) is 3.54. The van der Waals surface area contributed by atoms with Crippen molar-refractivity contribution >= 4 is 17.6 Å². The fraction of sp³-hybridized carbons (Fsp3) is 0. The average molecular weight is 452 g/mol. The number of ketones is 2. The molecule has 1 aliphatic rings. The number of nitrogens with zero attached hydrogens (tertiary/aromatic N) is 1. The SMILES string of the molecule is O=C1C(=Cc2cc(-c3ccccc3)n(-c3ccccc3)c2-c2ccccc2)C(=O)c2ccccc21. The van der Waals surface area contributed by atoms with Crippen LogP contribution >= 0.6 is 0 Å². The van der Waals surface area contributed by atoms with Gasteiger partial charge in [-0.15, -0.1) is 0 Å². The van der Waals surface area contributed by atoms with Crippen molar-refractivity contribution in [2.45, 2.75) is 0 Å². The molecule has 35 heavy (non-hydrogen) atoms. The summed E-state index contributed by atoms with van der Waals surface area (Å²) in [4.78, 5) is 26.4. The minimum Gasteiger partial charge on any atom is -0.309 e. The summed E-state index contributed by atoms with van der Waals surface area (Å²) in [7, 11) is 0. The lowest BCUT2D eigenvalue weighted by Crippen LogP contribution is -2.02. The van der Waals surface area contributed by atoms with Gasteiger partial charge in [-0.1, -0.05) is 103 Å². The van der Waals surface area contributed by atoms with Crippen LogP contribution in [0.15, 0.2) is 127 Å². The molecule has 0 N–H and O–H groups in total. The first-order valence-electron chi connectivity index (χ1n) is 11.5. The Kier molecular flexibility index (Phi) is 5.08. The van der Waals surface area contributed by atoms with Crippen molar-refractivity contribution in [1.82, 2.24) is 4.57 Å². The Labute approximate surface area is 203 Å². The summed E-state index contributed by atoms with van der Waals surface area (Å²) in [6.45, 7) is 0. The highest BCUT2D eigenvalue weighted by molar-refractivity contribution is 6.41. The van der Waals surface area contributed by atoms with Crippen molar-refractivity contribution in [3.8, 4) is 28.2 Å². The van der Waals surface area contributed by atoms with Crippen LogP contribution in [0, 0.1) is 0 Å². The van der Waals surface area contributed by atoms with Crippen LogP contribution in [0.3, 0.4) is 0 Å². The highest BCUT2D eigenvalue weighted by atomic mass is 16.2. The highest BCUT2D eigenvalue weighted by Gasteiger charge is 2.33. The van der Waals surface area contributed by atoms with E-state index in [-0.39, 0.29) is 17.1 Å². The van der Waals surface area contributed by atoms with Gasteiger partial charge in [-0.3, -0.25) is 9.59 Å². The fourth-order valence-corrected chi connectivity index (χ4v) is 4.76. The lowest BCUT2D eigenvalue weighted by Gasteiger charge is -2.15. The second-order valence-electron chi connectivity index (χ2n) is 8.50. The molecule has 5 aromatic rings. The van der Waals surface area contributed by atoms with Crippen molar-refractivity contribution in [2.75, 3.05) is 0 Å². The number of hydrogen-bond donors (Lipinski definition) is 0. The molecule has 0 aliphatic heterocycles. The van der Waals surface area contributed by atoms with Gasteiger partial charge in [0.1, 0.15) is 0 Å². The Morgan fingerprint density at radius 2 is 1.03 bits per heavy atom. The summed E-state index contributed by atoms with van der Waals surface area (Å²) in [6.07, 6.45) is 1.76. The highest BCUT2D eigenvalue weighted by Crippen LogP contribution is 2.38. The first-order valence-corrected chi connectivity index (χ1v) is 11.5. The van der Waals surface area contributed by atoms with E-state index in [4.69, 9.17) is 0 Å². The van der Waals surface area contributed by atoms with Crippen LogP contribution in [-0.4, -0.2) is 16.1 Å². The molecule has 0 saturated carbocycles. The van der Waals surface area contributed by atoms with E-state index >= 15 is 0 Å². The van der Waals surface area contributed by atoms with E-state index in [9.17, 15) is 9.59 Å². The largest absolute Gasteiger partial charge is 0.309 e. The van der Waals surface area contributed by atoms with E-state index in [1.54, 1.807) is 30.3 Å². The van der Waals surface area contributed by atoms with Crippen LogP contribution in [0.2, 0.25) is 0 Å². The summed E-state index contributed by atoms with van der Waals surface area (Å²) in [5.74, 6) is -0.448. The second kappa shape index (κ2) is 8.54. The molecule has 0 spiro atoms. The number of para-hydroxylation sites is 1. The van der Waals surface area contributed by atoms with Crippen LogP contribution in [0.4, 0.5) is 0 Å². The van der Waals surface area contributed by atoms with Crippen molar-refractivity contribution in [2.24, 2.45) is 0 Å². The number of fused-ring (bicyclic) bond motifs is 1. The normalized spacial score (nSPS) is 12.6. The Morgan fingerprint density at radius 1 is 0.543 bits per heavy atom. The predicted molar refractivity (Wildman–Crippen MR) is 140 cm³/mol. The van der Waals surface area contributed by atoms with Crippen molar-refractivity contribution in [3.05, 3.63) is 144 Å². The number of hydrogen-bond acceptors (Lipinski definition) is 2. The maximum Gasteiger partial charge on any atom is 0.197 e. The van der Waals surface area contributed by atoms with E-state index in [2.05, 4.69) is 47.0 Å². The maximum absolute atomic E-state index is 13.2. The molecular weight excluding hydrogens is 430 g/mol. The minimum absolute atomic E-state index is 0.202. The molecule has 0 amide bonds. The Hall–Kier alpha value is -4.76. The van der Waals surface area contributed by atoms with Crippen LogP contribution < -0.4 is 0 Å². The number of aromatic nitrogens is 1. The third-order valence-corrected chi connectivity index (χ3v) is 6.37. The van der Waals surface area contributed by atoms with Gasteiger partial charge in [0.05, 0.1) is 17.0 Å². The number of carbonyl (C=O) groups excluding carboxylic acids is 2. The molecule has 0 fully saturated rings. The Balaban J connectivity index is 1.65. The average Bonchev–Trinajstić information content (AvgIpc) is 3.42. The van der Waals surface area contributed by atoms with Gasteiger partial charge in [-0.2, -0.15) is 0 Å². The first-order chi connectivity index (χ1) is 17.2. The predicted octanol–water partition coefficient (Wildman–Crippen LogP) is 7.27. The molecule has 166 valence electrons. The number of benzene rings is 4. The molecule has 1 aliphatic carbocycles. The summed E-state index contributed by atoms with van der Waals surface area (Å²) in [6, 6.07) is 39.5. The van der Waals surface area contributed by atoms with Gasteiger partial charge in [0.25, 0.3) is 0 Å². The van der Waals surface area contributed by atoms with Gasteiger partial charge in [0.15, 0.2) is 11.6 Å². The van der Waals surface area contributed by atoms with Crippen LogP contribution in [0.5, 0.6) is 0 Å². The van der Waals surface area contributed by atoms with Gasteiger partial charge in [0.2, 0.25) is 0 Å². The smallest absolute Gasteiger partial charge is 0.197 e. The molecule has 1 heterocycles. The van der Waals surface area contributed by atoms with E-state index in [0.717, 1.165) is 33.8 Å². The molecule has 0 atom stereocenters. The zero-order chi connectivity index (χ0) is 23.8. The van der Waals surface area contributed by atoms with Crippen molar-refractivity contribution < 1.29 is 9.59 Å². The number of allylic oxidation sites excluding steroid dienone is 1. The number of Topliss-reactive ketones (excluding diaryl/α,β-unsaturated/α-hetero) is 2. The van der Waals surface area contributed by atoms with Crippen molar-refractivity contribution in [1.29, 1.82) is 0 Å². The molecule has 0 bridgehead atoms. The van der Waals surface area contributed by atoms with Gasteiger partial charge < -0.3 is 4.57 Å². The molecule has 4 aromatic carbocycles. The zero-order valence-electron chi connectivity index (χ0n) is 18.9. The molecule has 6 rings (SSSR count). The van der Waals surface area contributed by atoms with E-state index in [1.165, 1.54) is 0 Å². The summed E-state index contributed by atoms with van der Waals surface area (Å²) >= 11 is 0. The van der Waals surface area contributed by atoms with Crippen LogP contribution in [0.1, 0.15) is 26.3 Å².